The van der Waals surface area contributed by atoms with Gasteiger partial charge in [0, 0.05) is 24.2 Å². The molecule has 0 spiro atoms. The SMILES string of the molecule is CCC1NC(C)=Cn2nc(-c3cc(=O)n4cc(C5CCN(CC)CC5)cc(C)c4n3)cc21. The predicted octanol–water partition coefficient (Wildman–Crippen LogP) is 3.94. The molecule has 5 heterocycles. The molecule has 7 heteroatoms. The molecular weight excluding hydrogens is 400 g/mol. The van der Waals surface area contributed by atoms with Gasteiger partial charge in [-0.05, 0) is 75.9 Å². The van der Waals surface area contributed by atoms with E-state index in [1.165, 1.54) is 5.56 Å². The van der Waals surface area contributed by atoms with Gasteiger partial charge in [0.2, 0.25) is 0 Å². The van der Waals surface area contributed by atoms with Crippen molar-refractivity contribution in [2.75, 3.05) is 19.6 Å². The Kier molecular flexibility index (Phi) is 5.37. The monoisotopic (exact) mass is 432 g/mol. The molecule has 0 bridgehead atoms. The minimum absolute atomic E-state index is 0.0520. The third kappa shape index (κ3) is 3.64. The van der Waals surface area contributed by atoms with Crippen molar-refractivity contribution in [2.24, 2.45) is 0 Å². The average Bonchev–Trinajstić information content (AvgIpc) is 3.23. The molecule has 0 saturated carbocycles. The maximum Gasteiger partial charge on any atom is 0.258 e. The van der Waals surface area contributed by atoms with Crippen molar-refractivity contribution in [3.05, 3.63) is 57.3 Å². The van der Waals surface area contributed by atoms with E-state index in [0.29, 0.717) is 17.3 Å². The summed E-state index contributed by atoms with van der Waals surface area (Å²) in [6.45, 7) is 11.8. The summed E-state index contributed by atoms with van der Waals surface area (Å²) in [4.78, 5) is 20.5. The van der Waals surface area contributed by atoms with Crippen LogP contribution in [-0.4, -0.2) is 43.7 Å². The number of likely N-dealkylation sites (tertiary alicyclic amines) is 1. The number of hydrogen-bond acceptors (Lipinski definition) is 5. The van der Waals surface area contributed by atoms with Gasteiger partial charge in [-0.25, -0.2) is 9.67 Å². The molecule has 1 N–H and O–H groups in total. The summed E-state index contributed by atoms with van der Waals surface area (Å²) in [7, 11) is 0. The maximum atomic E-state index is 13.1. The van der Waals surface area contributed by atoms with Crippen LogP contribution in [-0.2, 0) is 0 Å². The maximum absolute atomic E-state index is 13.1. The van der Waals surface area contributed by atoms with E-state index in [1.54, 1.807) is 10.5 Å². The number of pyridine rings is 1. The van der Waals surface area contributed by atoms with Gasteiger partial charge in [-0.15, -0.1) is 0 Å². The highest BCUT2D eigenvalue weighted by Crippen LogP contribution is 2.30. The first-order chi connectivity index (χ1) is 15.5. The summed E-state index contributed by atoms with van der Waals surface area (Å²) in [6, 6.07) is 6.10. The number of nitrogens with zero attached hydrogens (tertiary/aromatic N) is 5. The number of rotatable bonds is 4. The van der Waals surface area contributed by atoms with Crippen LogP contribution in [0.1, 0.15) is 68.8 Å². The topological polar surface area (TPSA) is 67.5 Å². The highest BCUT2D eigenvalue weighted by molar-refractivity contribution is 5.61. The lowest BCUT2D eigenvalue weighted by molar-refractivity contribution is 0.222. The minimum Gasteiger partial charge on any atom is -0.379 e. The van der Waals surface area contributed by atoms with Crippen molar-refractivity contribution in [3.8, 4) is 11.4 Å². The first kappa shape index (κ1) is 20.9. The zero-order valence-corrected chi connectivity index (χ0v) is 19.4. The summed E-state index contributed by atoms with van der Waals surface area (Å²) in [6.07, 6.45) is 7.23. The Morgan fingerprint density at radius 3 is 2.59 bits per heavy atom. The van der Waals surface area contributed by atoms with E-state index in [2.05, 4.69) is 37.1 Å². The normalized spacial score (nSPS) is 19.6. The molecule has 3 aromatic rings. The summed E-state index contributed by atoms with van der Waals surface area (Å²) in [5.74, 6) is 0.501. The van der Waals surface area contributed by atoms with Crippen molar-refractivity contribution in [2.45, 2.75) is 58.9 Å². The Morgan fingerprint density at radius 1 is 1.09 bits per heavy atom. The summed E-state index contributed by atoms with van der Waals surface area (Å²) in [5, 5.41) is 8.23. The standard InChI is InChI=1S/C25H32N6O/c1-5-20-23-12-22(28-31(23)14-17(4)26-20)21-13-24(32)30-15-19(11-16(3)25(30)27-21)18-7-9-29(6-2)10-8-18/h11-15,18,20,26H,5-10H2,1-4H3. The third-order valence-corrected chi connectivity index (χ3v) is 6.98. The Bertz CT molecular complexity index is 1250. The molecule has 5 rings (SSSR count). The molecule has 168 valence electrons. The fourth-order valence-corrected chi connectivity index (χ4v) is 5.11. The van der Waals surface area contributed by atoms with Crippen LogP contribution in [0.3, 0.4) is 0 Å². The van der Waals surface area contributed by atoms with E-state index in [9.17, 15) is 4.79 Å². The van der Waals surface area contributed by atoms with Crippen molar-refractivity contribution in [1.82, 2.24) is 29.4 Å². The zero-order valence-electron chi connectivity index (χ0n) is 19.4. The minimum atomic E-state index is -0.0520. The number of aromatic nitrogens is 4. The number of nitrogens with one attached hydrogen (secondary N) is 1. The van der Waals surface area contributed by atoms with E-state index in [0.717, 1.165) is 61.5 Å². The van der Waals surface area contributed by atoms with Crippen LogP contribution >= 0.6 is 0 Å². The van der Waals surface area contributed by atoms with Crippen molar-refractivity contribution in [3.63, 3.8) is 0 Å². The van der Waals surface area contributed by atoms with Gasteiger partial charge in [0.1, 0.15) is 11.3 Å². The van der Waals surface area contributed by atoms with Crippen LogP contribution in [0, 0.1) is 6.92 Å². The third-order valence-electron chi connectivity index (χ3n) is 6.98. The van der Waals surface area contributed by atoms with Gasteiger partial charge in [0.15, 0.2) is 0 Å². The van der Waals surface area contributed by atoms with Crippen LogP contribution in [0.4, 0.5) is 0 Å². The van der Waals surface area contributed by atoms with Gasteiger partial charge in [-0.1, -0.05) is 19.9 Å². The summed E-state index contributed by atoms with van der Waals surface area (Å²) in [5.41, 5.74) is 6.49. The van der Waals surface area contributed by atoms with E-state index in [4.69, 9.17) is 10.1 Å². The molecular formula is C25H32N6O. The Balaban J connectivity index is 1.53. The number of fused-ring (bicyclic) bond motifs is 2. The van der Waals surface area contributed by atoms with Crippen LogP contribution in [0.25, 0.3) is 23.2 Å². The quantitative estimate of drug-likeness (QED) is 0.676. The van der Waals surface area contributed by atoms with Gasteiger partial charge in [0.05, 0.1) is 17.4 Å². The van der Waals surface area contributed by atoms with Crippen molar-refractivity contribution in [1.29, 1.82) is 0 Å². The highest BCUT2D eigenvalue weighted by atomic mass is 16.1. The lowest BCUT2D eigenvalue weighted by Crippen LogP contribution is -2.32. The first-order valence-corrected chi connectivity index (χ1v) is 11.8. The zero-order chi connectivity index (χ0) is 22.4. The van der Waals surface area contributed by atoms with Crippen LogP contribution in [0.2, 0.25) is 0 Å². The number of hydrogen-bond donors (Lipinski definition) is 1. The average molecular weight is 433 g/mol. The Morgan fingerprint density at radius 2 is 1.88 bits per heavy atom. The van der Waals surface area contributed by atoms with Crippen molar-refractivity contribution >= 4 is 11.8 Å². The molecule has 1 fully saturated rings. The molecule has 3 aromatic heterocycles. The summed E-state index contributed by atoms with van der Waals surface area (Å²) >= 11 is 0. The number of piperidine rings is 1. The fourth-order valence-electron chi connectivity index (χ4n) is 5.11. The predicted molar refractivity (Wildman–Crippen MR) is 128 cm³/mol. The molecule has 1 unspecified atom stereocenters. The number of allylic oxidation sites excluding steroid dienone is 1. The van der Waals surface area contributed by atoms with Crippen LogP contribution in [0.15, 0.2) is 34.9 Å². The fraction of sp³-hybridized carbons (Fsp3) is 0.480. The van der Waals surface area contributed by atoms with Gasteiger partial charge in [-0.3, -0.25) is 9.20 Å². The van der Waals surface area contributed by atoms with Crippen LogP contribution < -0.4 is 10.9 Å². The molecule has 32 heavy (non-hydrogen) atoms. The Labute approximate surface area is 188 Å². The second kappa shape index (κ2) is 8.20. The van der Waals surface area contributed by atoms with E-state index < -0.39 is 0 Å². The van der Waals surface area contributed by atoms with E-state index in [1.807, 2.05) is 30.1 Å². The summed E-state index contributed by atoms with van der Waals surface area (Å²) < 4.78 is 3.63. The second-order valence-electron chi connectivity index (χ2n) is 9.15. The molecule has 0 aliphatic carbocycles. The molecule has 0 radical (unpaired) electrons. The largest absolute Gasteiger partial charge is 0.379 e. The molecule has 1 atom stereocenters. The lowest BCUT2D eigenvalue weighted by atomic mass is 9.90. The smallest absolute Gasteiger partial charge is 0.258 e. The van der Waals surface area contributed by atoms with Gasteiger partial charge in [0.25, 0.3) is 5.56 Å². The van der Waals surface area contributed by atoms with Gasteiger partial charge < -0.3 is 10.2 Å². The van der Waals surface area contributed by atoms with Gasteiger partial charge >= 0.3 is 0 Å². The molecule has 2 aliphatic rings. The lowest BCUT2D eigenvalue weighted by Gasteiger charge is -2.31. The van der Waals surface area contributed by atoms with E-state index >= 15 is 0 Å². The molecule has 2 aliphatic heterocycles. The molecule has 0 aromatic carbocycles. The Hall–Kier alpha value is -2.93. The highest BCUT2D eigenvalue weighted by Gasteiger charge is 2.23. The van der Waals surface area contributed by atoms with Crippen molar-refractivity contribution < 1.29 is 0 Å². The molecule has 7 nitrogen and oxygen atoms in total. The first-order valence-electron chi connectivity index (χ1n) is 11.8. The molecule has 0 amide bonds. The molecule has 1 saturated heterocycles. The van der Waals surface area contributed by atoms with E-state index in [-0.39, 0.29) is 11.6 Å². The van der Waals surface area contributed by atoms with Gasteiger partial charge in [-0.2, -0.15) is 5.10 Å². The number of aryl methyl sites for hydroxylation is 1. The van der Waals surface area contributed by atoms with Crippen LogP contribution in [0.5, 0.6) is 0 Å². The second-order valence-corrected chi connectivity index (χ2v) is 9.15.